The lowest BCUT2D eigenvalue weighted by Crippen LogP contribution is -2.15. The number of fused-ring (bicyclic) bond motifs is 1. The van der Waals surface area contributed by atoms with Crippen LogP contribution in [0.15, 0.2) is 60.9 Å². The molecular formula is C20H16F2N4O. The molecule has 2 aromatic heterocycles. The van der Waals surface area contributed by atoms with Crippen LogP contribution in [0.2, 0.25) is 0 Å². The highest BCUT2D eigenvalue weighted by atomic mass is 19.1. The highest BCUT2D eigenvalue weighted by Gasteiger charge is 2.15. The van der Waals surface area contributed by atoms with Crippen LogP contribution in [-0.2, 0) is 13.6 Å². The number of aryl methyl sites for hydroxylation is 1. The van der Waals surface area contributed by atoms with Crippen molar-refractivity contribution >= 4 is 22.5 Å². The molecule has 0 fully saturated rings. The quantitative estimate of drug-likeness (QED) is 0.595. The highest BCUT2D eigenvalue weighted by molar-refractivity contribution is 6.06. The van der Waals surface area contributed by atoms with Gasteiger partial charge in [-0.05, 0) is 42.0 Å². The van der Waals surface area contributed by atoms with Crippen molar-refractivity contribution in [3.8, 4) is 0 Å². The van der Waals surface area contributed by atoms with E-state index in [1.54, 1.807) is 46.8 Å². The Kier molecular flexibility index (Phi) is 4.19. The molecule has 4 rings (SSSR count). The van der Waals surface area contributed by atoms with Gasteiger partial charge >= 0.3 is 0 Å². The summed E-state index contributed by atoms with van der Waals surface area (Å²) in [7, 11) is 1.71. The molecule has 4 aromatic rings. The number of nitrogens with one attached hydrogen (secondary N) is 1. The topological polar surface area (TPSA) is 51.9 Å². The summed E-state index contributed by atoms with van der Waals surface area (Å²) in [5.41, 5.74) is 2.34. The van der Waals surface area contributed by atoms with Gasteiger partial charge in [-0.15, -0.1) is 0 Å². The van der Waals surface area contributed by atoms with E-state index in [0.717, 1.165) is 10.9 Å². The van der Waals surface area contributed by atoms with E-state index in [1.165, 1.54) is 30.5 Å². The van der Waals surface area contributed by atoms with E-state index in [9.17, 15) is 13.6 Å². The van der Waals surface area contributed by atoms with Gasteiger partial charge in [-0.25, -0.2) is 8.78 Å². The predicted octanol–water partition coefficient (Wildman–Crippen LogP) is 3.95. The molecule has 0 bridgehead atoms. The number of anilines is 1. The second kappa shape index (κ2) is 6.68. The van der Waals surface area contributed by atoms with Crippen molar-refractivity contribution in [1.82, 2.24) is 14.3 Å². The van der Waals surface area contributed by atoms with Gasteiger partial charge in [0.1, 0.15) is 17.3 Å². The molecule has 0 aliphatic rings. The molecule has 5 nitrogen and oxygen atoms in total. The minimum atomic E-state index is -0.353. The fraction of sp³-hybridized carbons (Fsp3) is 0.100. The zero-order valence-corrected chi connectivity index (χ0v) is 14.5. The largest absolute Gasteiger partial charge is 0.340 e. The summed E-state index contributed by atoms with van der Waals surface area (Å²) in [6, 6.07) is 12.4. The number of amides is 1. The number of halogens is 2. The maximum absolute atomic E-state index is 13.4. The van der Waals surface area contributed by atoms with Gasteiger partial charge in [0.2, 0.25) is 0 Å². The molecule has 0 radical (unpaired) electrons. The molecule has 2 heterocycles. The highest BCUT2D eigenvalue weighted by Crippen LogP contribution is 2.21. The maximum atomic E-state index is 13.4. The van der Waals surface area contributed by atoms with Crippen LogP contribution in [0.4, 0.5) is 14.5 Å². The molecule has 0 atom stereocenters. The number of rotatable bonds is 4. The van der Waals surface area contributed by atoms with Crippen LogP contribution < -0.4 is 5.32 Å². The Labute approximate surface area is 153 Å². The smallest absolute Gasteiger partial charge is 0.272 e. The Hall–Kier alpha value is -3.48. The first-order valence-corrected chi connectivity index (χ1v) is 8.33. The van der Waals surface area contributed by atoms with Gasteiger partial charge < -0.3 is 9.88 Å². The third kappa shape index (κ3) is 3.44. The zero-order valence-electron chi connectivity index (χ0n) is 14.5. The van der Waals surface area contributed by atoms with Crippen molar-refractivity contribution < 1.29 is 13.6 Å². The summed E-state index contributed by atoms with van der Waals surface area (Å²) in [6.45, 7) is 0.390. The SMILES string of the molecule is Cn1c(C(=O)Nc2cnn(Cc3cccc(F)c3)c2)cc2ccc(F)cc21. The molecular weight excluding hydrogens is 350 g/mol. The van der Waals surface area contributed by atoms with Gasteiger partial charge in [0.15, 0.2) is 0 Å². The fourth-order valence-electron chi connectivity index (χ4n) is 3.05. The average molecular weight is 366 g/mol. The third-order valence-corrected chi connectivity index (χ3v) is 4.36. The maximum Gasteiger partial charge on any atom is 0.272 e. The summed E-state index contributed by atoms with van der Waals surface area (Å²) < 4.78 is 30.0. The van der Waals surface area contributed by atoms with Crippen LogP contribution in [0.25, 0.3) is 10.9 Å². The van der Waals surface area contributed by atoms with Crippen molar-refractivity contribution in [1.29, 1.82) is 0 Å². The number of nitrogens with zero attached hydrogens (tertiary/aromatic N) is 3. The lowest BCUT2D eigenvalue weighted by molar-refractivity contribution is 0.101. The van der Waals surface area contributed by atoms with Gasteiger partial charge in [0.25, 0.3) is 5.91 Å². The first kappa shape index (κ1) is 17.0. The van der Waals surface area contributed by atoms with E-state index < -0.39 is 0 Å². The summed E-state index contributed by atoms with van der Waals surface area (Å²) in [5.74, 6) is -0.978. The molecule has 136 valence electrons. The molecule has 0 saturated heterocycles. The number of benzene rings is 2. The standard InChI is InChI=1S/C20H16F2N4O/c1-25-18-9-16(22)6-5-14(18)8-19(25)20(27)24-17-10-23-26(12-17)11-13-3-2-4-15(21)7-13/h2-10,12H,11H2,1H3,(H,24,27). The van der Waals surface area contributed by atoms with Gasteiger partial charge in [-0.2, -0.15) is 5.10 Å². The molecule has 1 N–H and O–H groups in total. The van der Waals surface area contributed by atoms with Crippen molar-refractivity contribution in [2.24, 2.45) is 7.05 Å². The lowest BCUT2D eigenvalue weighted by Gasteiger charge is -2.05. The van der Waals surface area contributed by atoms with E-state index in [-0.39, 0.29) is 17.5 Å². The normalized spacial score (nSPS) is 11.1. The van der Waals surface area contributed by atoms with Gasteiger partial charge in [-0.3, -0.25) is 9.48 Å². The van der Waals surface area contributed by atoms with Gasteiger partial charge in [0.05, 0.1) is 23.9 Å². The number of hydrogen-bond donors (Lipinski definition) is 1. The monoisotopic (exact) mass is 366 g/mol. The van der Waals surface area contributed by atoms with Gasteiger partial charge in [0, 0.05) is 18.6 Å². The van der Waals surface area contributed by atoms with Crippen LogP contribution in [0, 0.1) is 11.6 Å². The van der Waals surface area contributed by atoms with Crippen LogP contribution >= 0.6 is 0 Å². The average Bonchev–Trinajstić information content (AvgIpc) is 3.19. The molecule has 0 unspecified atom stereocenters. The van der Waals surface area contributed by atoms with Crippen LogP contribution in [-0.4, -0.2) is 20.3 Å². The Bertz CT molecular complexity index is 1150. The Balaban J connectivity index is 1.52. The first-order valence-electron chi connectivity index (χ1n) is 8.33. The first-order chi connectivity index (χ1) is 13.0. The number of carbonyl (C=O) groups excluding carboxylic acids is 1. The van der Waals surface area contributed by atoms with Crippen molar-refractivity contribution in [2.45, 2.75) is 6.54 Å². The summed E-state index contributed by atoms with van der Waals surface area (Å²) in [6.07, 6.45) is 3.20. The number of carbonyl (C=O) groups is 1. The summed E-state index contributed by atoms with van der Waals surface area (Å²) in [5, 5.41) is 7.75. The third-order valence-electron chi connectivity index (χ3n) is 4.36. The minimum Gasteiger partial charge on any atom is -0.340 e. The number of hydrogen-bond acceptors (Lipinski definition) is 2. The lowest BCUT2D eigenvalue weighted by atomic mass is 10.2. The number of aromatic nitrogens is 3. The summed E-state index contributed by atoms with van der Waals surface area (Å²) >= 11 is 0. The Morgan fingerprint density at radius 3 is 2.74 bits per heavy atom. The second-order valence-corrected chi connectivity index (χ2v) is 6.30. The molecule has 27 heavy (non-hydrogen) atoms. The van der Waals surface area contributed by atoms with Gasteiger partial charge in [-0.1, -0.05) is 12.1 Å². The van der Waals surface area contributed by atoms with E-state index in [4.69, 9.17) is 0 Å². The minimum absolute atomic E-state index is 0.305. The Morgan fingerprint density at radius 1 is 1.11 bits per heavy atom. The van der Waals surface area contributed by atoms with Crippen LogP contribution in [0.3, 0.4) is 0 Å². The molecule has 7 heteroatoms. The fourth-order valence-corrected chi connectivity index (χ4v) is 3.05. The zero-order chi connectivity index (χ0) is 19.0. The predicted molar refractivity (Wildman–Crippen MR) is 98.6 cm³/mol. The van der Waals surface area contributed by atoms with E-state index >= 15 is 0 Å². The van der Waals surface area contributed by atoms with Crippen LogP contribution in [0.5, 0.6) is 0 Å². The molecule has 0 saturated carbocycles. The van der Waals surface area contributed by atoms with Crippen molar-refractivity contribution in [3.05, 3.63) is 83.8 Å². The molecule has 0 aliphatic heterocycles. The van der Waals surface area contributed by atoms with E-state index in [0.29, 0.717) is 23.4 Å². The van der Waals surface area contributed by atoms with E-state index in [2.05, 4.69) is 10.4 Å². The second-order valence-electron chi connectivity index (χ2n) is 6.30. The van der Waals surface area contributed by atoms with E-state index in [1.807, 2.05) is 0 Å². The summed E-state index contributed by atoms with van der Waals surface area (Å²) in [4.78, 5) is 12.6. The van der Waals surface area contributed by atoms with Crippen molar-refractivity contribution in [3.63, 3.8) is 0 Å². The molecule has 0 aliphatic carbocycles. The molecule has 2 aromatic carbocycles. The molecule has 1 amide bonds. The van der Waals surface area contributed by atoms with Crippen LogP contribution in [0.1, 0.15) is 16.1 Å². The molecule has 0 spiro atoms. The Morgan fingerprint density at radius 2 is 1.93 bits per heavy atom. The van der Waals surface area contributed by atoms with Crippen molar-refractivity contribution in [2.75, 3.05) is 5.32 Å².